The number of sulfonamides is 1. The first-order valence-corrected chi connectivity index (χ1v) is 10.5. The van der Waals surface area contributed by atoms with E-state index in [0.717, 1.165) is 10.5 Å². The fraction of sp³-hybridized carbons (Fsp3) is 0.526. The Morgan fingerprint density at radius 1 is 1.19 bits per heavy atom. The van der Waals surface area contributed by atoms with Gasteiger partial charge in [0.2, 0.25) is 10.0 Å². The van der Waals surface area contributed by atoms with Gasteiger partial charge >= 0.3 is 0 Å². The Morgan fingerprint density at radius 2 is 1.77 bits per heavy atom. The first kappa shape index (κ1) is 20.6. The maximum Gasteiger partial charge on any atom is 0.278 e. The lowest BCUT2D eigenvalue weighted by Crippen LogP contribution is -3.19. The number of piperazine rings is 1. The van der Waals surface area contributed by atoms with E-state index in [1.54, 1.807) is 6.08 Å². The van der Waals surface area contributed by atoms with Crippen molar-refractivity contribution < 1.29 is 18.1 Å². The number of hydrogen-bond donors (Lipinski definition) is 2. The number of rotatable bonds is 5. The van der Waals surface area contributed by atoms with Gasteiger partial charge in [-0.25, -0.2) is 8.42 Å². The molecule has 26 heavy (non-hydrogen) atoms. The van der Waals surface area contributed by atoms with Gasteiger partial charge in [0.1, 0.15) is 0 Å². The van der Waals surface area contributed by atoms with Crippen molar-refractivity contribution in [3.8, 4) is 0 Å². The van der Waals surface area contributed by atoms with Crippen molar-refractivity contribution in [2.24, 2.45) is 0 Å². The second-order valence-electron chi connectivity index (χ2n) is 7.78. The molecule has 1 aliphatic rings. The molecule has 1 saturated heterocycles. The van der Waals surface area contributed by atoms with Crippen molar-refractivity contribution in [3.63, 3.8) is 0 Å². The molecule has 1 aliphatic heterocycles. The van der Waals surface area contributed by atoms with Crippen LogP contribution in [-0.2, 0) is 14.8 Å². The van der Waals surface area contributed by atoms with Crippen LogP contribution in [0.5, 0.6) is 0 Å². The maximum absolute atomic E-state index is 12.5. The molecule has 0 bridgehead atoms. The predicted molar refractivity (Wildman–Crippen MR) is 104 cm³/mol. The fourth-order valence-electron chi connectivity index (χ4n) is 2.94. The lowest BCUT2D eigenvalue weighted by molar-refractivity contribution is -0.917. The van der Waals surface area contributed by atoms with E-state index < -0.39 is 10.0 Å². The fourth-order valence-corrected chi connectivity index (χ4v) is 4.13. The number of nitrogens with one attached hydrogen (secondary N) is 2. The quantitative estimate of drug-likeness (QED) is 0.781. The van der Waals surface area contributed by atoms with Gasteiger partial charge in [0, 0.05) is 10.9 Å². The molecule has 0 radical (unpaired) electrons. The Morgan fingerprint density at radius 3 is 2.31 bits per heavy atom. The van der Waals surface area contributed by atoms with Gasteiger partial charge in [-0.1, -0.05) is 30.3 Å². The molecule has 2 N–H and O–H groups in total. The standard InChI is InChI=1S/C19H29N3O3S/c1-16(18(23)20-19(2,3)4)21-11-13-22(14-12-21)26(24,25)15-10-17-8-6-5-7-9-17/h5-10,15-16H,11-14H2,1-4H3,(H,20,23)/p+1/b15-10+/t16-/m1/s1. The monoisotopic (exact) mass is 380 g/mol. The van der Waals surface area contributed by atoms with Gasteiger partial charge < -0.3 is 10.2 Å². The Balaban J connectivity index is 1.93. The van der Waals surface area contributed by atoms with Gasteiger partial charge in [-0.15, -0.1) is 0 Å². The van der Waals surface area contributed by atoms with Crippen molar-refractivity contribution >= 4 is 22.0 Å². The minimum Gasteiger partial charge on any atom is -0.346 e. The lowest BCUT2D eigenvalue weighted by atomic mass is 10.1. The van der Waals surface area contributed by atoms with Gasteiger partial charge in [-0.2, -0.15) is 4.31 Å². The molecule has 2 rings (SSSR count). The normalized spacial score (nSPS) is 18.8. The van der Waals surface area contributed by atoms with Crippen LogP contribution in [0.25, 0.3) is 6.08 Å². The van der Waals surface area contributed by atoms with Crippen molar-refractivity contribution in [2.45, 2.75) is 39.3 Å². The molecule has 6 nitrogen and oxygen atoms in total. The summed E-state index contributed by atoms with van der Waals surface area (Å²) in [7, 11) is -3.44. The van der Waals surface area contributed by atoms with E-state index in [4.69, 9.17) is 0 Å². The molecule has 0 aliphatic carbocycles. The third-order valence-corrected chi connectivity index (χ3v) is 6.03. The van der Waals surface area contributed by atoms with Crippen LogP contribution in [0.3, 0.4) is 0 Å². The Kier molecular flexibility index (Phi) is 6.60. The lowest BCUT2D eigenvalue weighted by Gasteiger charge is -2.34. The summed E-state index contributed by atoms with van der Waals surface area (Å²) >= 11 is 0. The van der Waals surface area contributed by atoms with Crippen molar-refractivity contribution in [2.75, 3.05) is 26.2 Å². The molecule has 0 unspecified atom stereocenters. The molecular formula is C19H30N3O3S+. The molecule has 1 heterocycles. The summed E-state index contributed by atoms with van der Waals surface area (Å²) in [6, 6.07) is 9.17. The molecule has 0 spiro atoms. The molecule has 1 amide bonds. The second kappa shape index (κ2) is 8.33. The van der Waals surface area contributed by atoms with E-state index in [2.05, 4.69) is 5.32 Å². The molecule has 0 aromatic heterocycles. The minimum atomic E-state index is -3.44. The van der Waals surface area contributed by atoms with Crippen molar-refractivity contribution in [3.05, 3.63) is 41.3 Å². The number of carbonyl (C=O) groups is 1. The zero-order chi connectivity index (χ0) is 19.4. The predicted octanol–water partition coefficient (Wildman–Crippen LogP) is 0.491. The largest absolute Gasteiger partial charge is 0.346 e. The van der Waals surface area contributed by atoms with Crippen molar-refractivity contribution in [1.82, 2.24) is 9.62 Å². The van der Waals surface area contributed by atoms with Crippen LogP contribution < -0.4 is 10.2 Å². The number of nitrogens with zero attached hydrogens (tertiary/aromatic N) is 1. The van der Waals surface area contributed by atoms with E-state index >= 15 is 0 Å². The van der Waals surface area contributed by atoms with Crippen LogP contribution >= 0.6 is 0 Å². The number of benzene rings is 1. The van der Waals surface area contributed by atoms with Crippen LogP contribution in [0.15, 0.2) is 35.7 Å². The SMILES string of the molecule is C[C@H](C(=O)NC(C)(C)C)[NH+]1CCN(S(=O)(=O)/C=C/c2ccccc2)CC1. The van der Waals surface area contributed by atoms with E-state index in [0.29, 0.717) is 26.2 Å². The first-order valence-electron chi connectivity index (χ1n) is 8.98. The molecule has 1 aromatic carbocycles. The Labute approximate surface area is 156 Å². The zero-order valence-corrected chi connectivity index (χ0v) is 16.8. The van der Waals surface area contributed by atoms with Crippen LogP contribution in [0.4, 0.5) is 0 Å². The van der Waals surface area contributed by atoms with Crippen LogP contribution in [0.1, 0.15) is 33.3 Å². The topological polar surface area (TPSA) is 70.9 Å². The average Bonchev–Trinajstić information content (AvgIpc) is 2.59. The smallest absolute Gasteiger partial charge is 0.278 e. The van der Waals surface area contributed by atoms with Gasteiger partial charge in [-0.3, -0.25) is 4.79 Å². The van der Waals surface area contributed by atoms with Gasteiger partial charge in [-0.05, 0) is 39.3 Å². The number of carbonyl (C=O) groups excluding carboxylic acids is 1. The molecular weight excluding hydrogens is 350 g/mol. The molecule has 1 aromatic rings. The second-order valence-corrected chi connectivity index (χ2v) is 9.60. The summed E-state index contributed by atoms with van der Waals surface area (Å²) in [6.45, 7) is 9.85. The van der Waals surface area contributed by atoms with Gasteiger partial charge in [0.25, 0.3) is 5.91 Å². The minimum absolute atomic E-state index is 0.00720. The summed E-state index contributed by atoms with van der Waals surface area (Å²) in [5.41, 5.74) is 0.589. The van der Waals surface area contributed by atoms with Crippen LogP contribution in [-0.4, -0.2) is 56.4 Å². The van der Waals surface area contributed by atoms with E-state index in [9.17, 15) is 13.2 Å². The van der Waals surface area contributed by atoms with Gasteiger partial charge in [0.05, 0.1) is 26.2 Å². The number of amides is 1. The first-order chi connectivity index (χ1) is 12.1. The summed E-state index contributed by atoms with van der Waals surface area (Å²) < 4.78 is 26.5. The highest BCUT2D eigenvalue weighted by atomic mass is 32.2. The molecule has 144 valence electrons. The summed E-state index contributed by atoms with van der Waals surface area (Å²) in [6.07, 6.45) is 1.62. The van der Waals surface area contributed by atoms with E-state index in [1.807, 2.05) is 58.0 Å². The molecule has 0 saturated carbocycles. The Hall–Kier alpha value is -1.70. The van der Waals surface area contributed by atoms with Crippen LogP contribution in [0.2, 0.25) is 0 Å². The maximum atomic E-state index is 12.5. The highest BCUT2D eigenvalue weighted by Gasteiger charge is 2.33. The Bertz CT molecular complexity index is 731. The highest BCUT2D eigenvalue weighted by Crippen LogP contribution is 2.08. The highest BCUT2D eigenvalue weighted by molar-refractivity contribution is 7.92. The summed E-state index contributed by atoms with van der Waals surface area (Å²) in [4.78, 5) is 13.4. The third kappa shape index (κ3) is 5.93. The van der Waals surface area contributed by atoms with Crippen molar-refractivity contribution in [1.29, 1.82) is 0 Å². The summed E-state index contributed by atoms with van der Waals surface area (Å²) in [5.74, 6) is 0.00720. The molecule has 1 atom stereocenters. The van der Waals surface area contributed by atoms with E-state index in [-0.39, 0.29) is 17.5 Å². The average molecular weight is 381 g/mol. The third-order valence-electron chi connectivity index (χ3n) is 4.46. The number of hydrogen-bond acceptors (Lipinski definition) is 3. The van der Waals surface area contributed by atoms with Crippen LogP contribution in [0, 0.1) is 0 Å². The van der Waals surface area contributed by atoms with Gasteiger partial charge in [0.15, 0.2) is 6.04 Å². The number of quaternary nitrogens is 1. The molecule has 1 fully saturated rings. The van der Waals surface area contributed by atoms with E-state index in [1.165, 1.54) is 9.71 Å². The summed E-state index contributed by atoms with van der Waals surface area (Å²) in [5, 5.41) is 4.26. The molecule has 7 heteroatoms. The zero-order valence-electron chi connectivity index (χ0n) is 16.0.